The first-order chi connectivity index (χ1) is 18.9. The van der Waals surface area contributed by atoms with Gasteiger partial charge >= 0.3 is 172 Å². The van der Waals surface area contributed by atoms with Gasteiger partial charge in [-0.3, -0.25) is 4.79 Å². The molecule has 2 aliphatic rings. The van der Waals surface area contributed by atoms with Crippen molar-refractivity contribution in [1.82, 2.24) is 4.98 Å². The molecule has 0 aliphatic carbocycles. The van der Waals surface area contributed by atoms with Crippen molar-refractivity contribution in [3.05, 3.63) is 96.9 Å². The number of aliphatic hydroxyl groups excluding tert-OH is 1. The van der Waals surface area contributed by atoms with Crippen molar-refractivity contribution in [3.63, 3.8) is 0 Å². The number of carbonyl (C=O) groups excluding carboxylic acids is 1. The third-order valence-electron chi connectivity index (χ3n) is 6.96. The Balaban J connectivity index is 0.000000239. The number of aliphatic hydroxyl groups is 1. The van der Waals surface area contributed by atoms with Crippen LogP contribution in [0, 0.1) is 16.9 Å². The molecule has 0 fully saturated rings. The monoisotopic (exact) mass is 851 g/mol. The Bertz CT molecular complexity index is 1600. The molecule has 3 aromatic carbocycles. The summed E-state index contributed by atoms with van der Waals surface area (Å²) in [6.45, 7) is 11.5. The number of rotatable bonds is 2. The number of carbonyl (C=O) groups is 1. The van der Waals surface area contributed by atoms with Crippen LogP contribution in [-0.2, 0) is 24.9 Å². The molecule has 0 saturated heterocycles. The summed E-state index contributed by atoms with van der Waals surface area (Å²) in [5.41, 5.74) is 6.01. The average molecular weight is 849 g/mol. The zero-order valence-electron chi connectivity index (χ0n) is 24.1. The molecule has 0 amide bonds. The third kappa shape index (κ3) is 6.73. The topological polar surface area (TPSA) is 50.2 Å². The van der Waals surface area contributed by atoms with E-state index >= 15 is 0 Å². The predicted molar refractivity (Wildman–Crippen MR) is 171 cm³/mol. The van der Waals surface area contributed by atoms with Gasteiger partial charge in [0.2, 0.25) is 0 Å². The van der Waals surface area contributed by atoms with Crippen LogP contribution in [0.4, 0.5) is 0 Å². The molecule has 0 unspecified atom stereocenters. The number of hydrogen-bond acceptors (Lipinski definition) is 3. The van der Waals surface area contributed by atoms with Crippen LogP contribution in [-0.4, -0.2) is 52.5 Å². The predicted octanol–water partition coefficient (Wildman–Crippen LogP) is 2.09. The number of nitrogens with zero attached hydrogens (tertiary/aromatic N) is 1. The first-order valence-corrected chi connectivity index (χ1v) is 16.9. The van der Waals surface area contributed by atoms with Gasteiger partial charge in [0.05, 0.1) is 0 Å². The summed E-state index contributed by atoms with van der Waals surface area (Å²) in [7, 11) is 0. The second kappa shape index (κ2) is 12.6. The SMILES string of the molecule is CC(C)(C)C(=O)/C=C(\O)C(C)(C)C.[Ir].[c-]1cc2c3c(c1-c1ccccn1)[Se]c1ccccc1B3c1ccccc1[Se]2. The summed E-state index contributed by atoms with van der Waals surface area (Å²) >= 11 is 0.628. The molecule has 3 heterocycles. The van der Waals surface area contributed by atoms with Gasteiger partial charge in [0.15, 0.2) is 5.78 Å². The molecule has 0 spiro atoms. The van der Waals surface area contributed by atoms with E-state index in [0.29, 0.717) is 21.7 Å². The van der Waals surface area contributed by atoms with Crippen molar-refractivity contribution in [1.29, 1.82) is 0 Å². The number of allylic oxidation sites excluding steroid dienone is 2. The van der Waals surface area contributed by atoms with Crippen LogP contribution < -0.4 is 34.2 Å². The molecule has 2 aliphatic heterocycles. The third-order valence-corrected chi connectivity index (χ3v) is 11.9. The van der Waals surface area contributed by atoms with Gasteiger partial charge in [-0.2, -0.15) is 0 Å². The number of ketones is 1. The summed E-state index contributed by atoms with van der Waals surface area (Å²) in [5, 5.41) is 9.56. The molecule has 4 aromatic rings. The van der Waals surface area contributed by atoms with Crippen LogP contribution in [0.5, 0.6) is 0 Å². The zero-order valence-corrected chi connectivity index (χ0v) is 29.9. The average Bonchev–Trinajstić information content (AvgIpc) is 2.92. The van der Waals surface area contributed by atoms with Gasteiger partial charge in [0.1, 0.15) is 5.76 Å². The van der Waals surface area contributed by atoms with Crippen molar-refractivity contribution < 1.29 is 30.0 Å². The van der Waals surface area contributed by atoms with E-state index in [-0.39, 0.29) is 52.0 Å². The summed E-state index contributed by atoms with van der Waals surface area (Å²) in [6, 6.07) is 30.1. The minimum absolute atomic E-state index is 0. The molecule has 6 rings (SSSR count). The first kappa shape index (κ1) is 31.7. The first-order valence-electron chi connectivity index (χ1n) is 13.4. The Kier molecular flexibility index (Phi) is 9.71. The van der Waals surface area contributed by atoms with E-state index in [0.717, 1.165) is 5.69 Å². The summed E-state index contributed by atoms with van der Waals surface area (Å²) in [6.07, 6.45) is 3.22. The Labute approximate surface area is 270 Å². The summed E-state index contributed by atoms with van der Waals surface area (Å²) in [4.78, 5) is 16.1. The van der Waals surface area contributed by atoms with Gasteiger partial charge in [0.25, 0.3) is 0 Å². The quantitative estimate of drug-likeness (QED) is 0.126. The van der Waals surface area contributed by atoms with Crippen molar-refractivity contribution >= 4 is 76.6 Å². The van der Waals surface area contributed by atoms with Crippen LogP contribution >= 0.6 is 0 Å². The molecule has 7 heteroatoms. The van der Waals surface area contributed by atoms with Crippen molar-refractivity contribution in [2.45, 2.75) is 41.5 Å². The van der Waals surface area contributed by atoms with Crippen LogP contribution in [0.3, 0.4) is 0 Å². The van der Waals surface area contributed by atoms with E-state index in [1.165, 1.54) is 40.4 Å². The van der Waals surface area contributed by atoms with Gasteiger partial charge in [-0.15, -0.1) is 0 Å². The van der Waals surface area contributed by atoms with E-state index < -0.39 is 5.41 Å². The normalized spacial score (nSPS) is 13.5. The second-order valence-corrected chi connectivity index (χ2v) is 16.6. The van der Waals surface area contributed by atoms with Gasteiger partial charge < -0.3 is 5.11 Å². The van der Waals surface area contributed by atoms with Gasteiger partial charge in [-0.1, -0.05) is 41.5 Å². The summed E-state index contributed by atoms with van der Waals surface area (Å²) in [5.74, 6) is 0.104. The van der Waals surface area contributed by atoms with E-state index in [9.17, 15) is 9.90 Å². The molecule has 1 N–H and O–H groups in total. The molecule has 211 valence electrons. The molecule has 0 bridgehead atoms. The Morgan fingerprint density at radius 3 is 1.98 bits per heavy atom. The maximum atomic E-state index is 11.5. The molecule has 3 nitrogen and oxygen atoms in total. The van der Waals surface area contributed by atoms with Gasteiger partial charge in [-0.25, -0.2) is 0 Å². The maximum absolute atomic E-state index is 11.5. The fraction of sp³-hybridized carbons (Fsp3) is 0.235. The fourth-order valence-corrected chi connectivity index (χ4v) is 9.96. The molecule has 1 aromatic heterocycles. The van der Waals surface area contributed by atoms with Crippen molar-refractivity contribution in [2.24, 2.45) is 10.8 Å². The van der Waals surface area contributed by atoms with Crippen molar-refractivity contribution in [3.8, 4) is 11.3 Å². The summed E-state index contributed by atoms with van der Waals surface area (Å²) < 4.78 is 5.99. The van der Waals surface area contributed by atoms with Crippen LogP contribution in [0.1, 0.15) is 41.5 Å². The molecule has 0 atom stereocenters. The Hall–Kier alpha value is -2.23. The standard InChI is InChI=1S/C23H13BNSe2.C11H20O2.Ir/c1-3-10-19-16(7-1)24-17-8-2-4-11-20(17)27-23-15(18-9-5-6-14-25-18)12-13-21(26-19)22(23)24;1-10(2,3)8(12)7-9(13)11(4,5)6;/h1-11,13-14H;7,12H,1-6H3;/q-1;;/b;8-7-;. The molecular formula is C34H33BIrNO2Se2-. The molecule has 41 heavy (non-hydrogen) atoms. The Morgan fingerprint density at radius 1 is 0.829 bits per heavy atom. The number of pyridine rings is 1. The molecule has 0 saturated carbocycles. The van der Waals surface area contributed by atoms with E-state index in [1.807, 2.05) is 53.8 Å². The minimum atomic E-state index is -0.417. The van der Waals surface area contributed by atoms with E-state index in [2.05, 4.69) is 77.8 Å². The van der Waals surface area contributed by atoms with Crippen molar-refractivity contribution in [2.75, 3.05) is 0 Å². The zero-order chi connectivity index (χ0) is 28.7. The van der Waals surface area contributed by atoms with E-state index in [1.54, 1.807) is 5.46 Å². The number of fused-ring (bicyclic) bond motifs is 4. The van der Waals surface area contributed by atoms with Gasteiger partial charge in [-0.05, 0) is 0 Å². The molecular weight excluding hydrogens is 815 g/mol. The van der Waals surface area contributed by atoms with E-state index in [4.69, 9.17) is 0 Å². The van der Waals surface area contributed by atoms with Crippen LogP contribution in [0.2, 0.25) is 0 Å². The number of aromatic nitrogens is 1. The van der Waals surface area contributed by atoms with Gasteiger partial charge in [0, 0.05) is 37.0 Å². The Morgan fingerprint density at radius 2 is 1.41 bits per heavy atom. The number of benzene rings is 3. The fourth-order valence-electron chi connectivity index (χ4n) is 4.58. The number of hydrogen-bond donors (Lipinski definition) is 1. The second-order valence-electron chi connectivity index (χ2n) is 12.1. The van der Waals surface area contributed by atoms with Crippen LogP contribution in [0.15, 0.2) is 90.8 Å². The van der Waals surface area contributed by atoms with Crippen LogP contribution in [0.25, 0.3) is 11.3 Å². The molecule has 1 radical (unpaired) electrons.